The van der Waals surface area contributed by atoms with Gasteiger partial charge in [-0.15, -0.1) is 11.3 Å². The van der Waals surface area contributed by atoms with E-state index in [9.17, 15) is 4.79 Å². The number of ether oxygens (including phenoxy) is 1. The van der Waals surface area contributed by atoms with Crippen LogP contribution in [0.15, 0.2) is 28.0 Å². The molecular formula is C13H15NO3S. The first-order chi connectivity index (χ1) is 8.70. The van der Waals surface area contributed by atoms with E-state index in [0.717, 1.165) is 12.3 Å². The molecule has 0 aliphatic heterocycles. The number of aryl methyl sites for hydroxylation is 1. The average molecular weight is 265 g/mol. The van der Waals surface area contributed by atoms with Gasteiger partial charge in [0.05, 0.1) is 13.7 Å². The standard InChI is InChI=1S/C13H15NO3S/c1-9-5-6-18-12(9)8-14-7-10-3-4-11(17-10)13(15)16-2/h3-6,14H,7-8H2,1-2H3. The van der Waals surface area contributed by atoms with Crippen LogP contribution in [0.2, 0.25) is 0 Å². The van der Waals surface area contributed by atoms with E-state index in [1.165, 1.54) is 17.6 Å². The van der Waals surface area contributed by atoms with E-state index in [1.54, 1.807) is 23.5 Å². The molecule has 0 saturated carbocycles. The Hall–Kier alpha value is -1.59. The molecule has 5 heteroatoms. The number of hydrogen-bond acceptors (Lipinski definition) is 5. The lowest BCUT2D eigenvalue weighted by atomic mass is 10.3. The van der Waals surface area contributed by atoms with Crippen LogP contribution in [-0.4, -0.2) is 13.1 Å². The van der Waals surface area contributed by atoms with Crippen LogP contribution in [0.1, 0.15) is 26.8 Å². The maximum atomic E-state index is 11.2. The van der Waals surface area contributed by atoms with Crippen LogP contribution in [0.3, 0.4) is 0 Å². The number of esters is 1. The molecule has 0 saturated heterocycles. The van der Waals surface area contributed by atoms with Gasteiger partial charge >= 0.3 is 5.97 Å². The van der Waals surface area contributed by atoms with Gasteiger partial charge in [0, 0.05) is 11.4 Å². The zero-order valence-corrected chi connectivity index (χ0v) is 11.2. The molecule has 2 rings (SSSR count). The topological polar surface area (TPSA) is 51.5 Å². The molecule has 2 heterocycles. The summed E-state index contributed by atoms with van der Waals surface area (Å²) in [6.07, 6.45) is 0. The van der Waals surface area contributed by atoms with Crippen molar-refractivity contribution >= 4 is 17.3 Å². The van der Waals surface area contributed by atoms with Crippen LogP contribution in [0.25, 0.3) is 0 Å². The molecule has 4 nitrogen and oxygen atoms in total. The van der Waals surface area contributed by atoms with Gasteiger partial charge in [0.25, 0.3) is 0 Å². The molecule has 0 aromatic carbocycles. The van der Waals surface area contributed by atoms with Gasteiger partial charge < -0.3 is 14.5 Å². The van der Waals surface area contributed by atoms with Crippen LogP contribution >= 0.6 is 11.3 Å². The summed E-state index contributed by atoms with van der Waals surface area (Å²) in [5, 5.41) is 5.36. The number of methoxy groups -OCH3 is 1. The first-order valence-corrected chi connectivity index (χ1v) is 6.49. The van der Waals surface area contributed by atoms with E-state index in [4.69, 9.17) is 4.42 Å². The van der Waals surface area contributed by atoms with Crippen LogP contribution in [-0.2, 0) is 17.8 Å². The number of carbonyl (C=O) groups is 1. The predicted octanol–water partition coefficient (Wildman–Crippen LogP) is 2.73. The van der Waals surface area contributed by atoms with Crippen molar-refractivity contribution in [2.75, 3.05) is 7.11 Å². The second kappa shape index (κ2) is 5.84. The third-order valence-corrected chi connectivity index (χ3v) is 3.62. The van der Waals surface area contributed by atoms with Gasteiger partial charge in [-0.25, -0.2) is 4.79 Å². The summed E-state index contributed by atoms with van der Waals surface area (Å²) in [7, 11) is 1.34. The number of rotatable bonds is 5. The fourth-order valence-corrected chi connectivity index (χ4v) is 2.44. The minimum atomic E-state index is -0.449. The molecule has 1 N–H and O–H groups in total. The van der Waals surface area contributed by atoms with E-state index in [2.05, 4.69) is 28.4 Å². The lowest BCUT2D eigenvalue weighted by molar-refractivity contribution is 0.0563. The van der Waals surface area contributed by atoms with Crippen molar-refractivity contribution in [1.82, 2.24) is 5.32 Å². The Morgan fingerprint density at radius 3 is 2.89 bits per heavy atom. The molecule has 0 aliphatic rings. The van der Waals surface area contributed by atoms with Crippen LogP contribution in [0.4, 0.5) is 0 Å². The number of furan rings is 1. The van der Waals surface area contributed by atoms with Crippen molar-refractivity contribution in [3.63, 3.8) is 0 Å². The maximum Gasteiger partial charge on any atom is 0.373 e. The molecule has 96 valence electrons. The van der Waals surface area contributed by atoms with Crippen molar-refractivity contribution in [2.24, 2.45) is 0 Å². The highest BCUT2D eigenvalue weighted by atomic mass is 32.1. The van der Waals surface area contributed by atoms with Crippen LogP contribution in [0.5, 0.6) is 0 Å². The lowest BCUT2D eigenvalue weighted by Gasteiger charge is -2.01. The van der Waals surface area contributed by atoms with E-state index in [0.29, 0.717) is 6.54 Å². The zero-order valence-electron chi connectivity index (χ0n) is 10.4. The Labute approximate surface area is 110 Å². The van der Waals surface area contributed by atoms with Gasteiger partial charge in [-0.05, 0) is 36.1 Å². The molecule has 2 aromatic heterocycles. The third-order valence-electron chi connectivity index (χ3n) is 2.60. The third kappa shape index (κ3) is 3.00. The lowest BCUT2D eigenvalue weighted by Crippen LogP contribution is -2.11. The zero-order chi connectivity index (χ0) is 13.0. The summed E-state index contributed by atoms with van der Waals surface area (Å²) in [5.41, 5.74) is 1.29. The Morgan fingerprint density at radius 2 is 2.22 bits per heavy atom. The average Bonchev–Trinajstić information content (AvgIpc) is 2.99. The molecule has 18 heavy (non-hydrogen) atoms. The first kappa shape index (κ1) is 12.9. The van der Waals surface area contributed by atoms with Crippen molar-refractivity contribution in [1.29, 1.82) is 0 Å². The van der Waals surface area contributed by atoms with Gasteiger partial charge in [-0.2, -0.15) is 0 Å². The van der Waals surface area contributed by atoms with Crippen molar-refractivity contribution < 1.29 is 13.9 Å². The van der Waals surface area contributed by atoms with E-state index in [1.807, 2.05) is 0 Å². The molecule has 0 atom stereocenters. The highest BCUT2D eigenvalue weighted by Crippen LogP contribution is 2.15. The number of carbonyl (C=O) groups excluding carboxylic acids is 1. The van der Waals surface area contributed by atoms with Crippen molar-refractivity contribution in [3.05, 3.63) is 45.5 Å². The fraction of sp³-hybridized carbons (Fsp3) is 0.308. The highest BCUT2D eigenvalue weighted by Gasteiger charge is 2.10. The second-order valence-electron chi connectivity index (χ2n) is 3.89. The molecule has 0 bridgehead atoms. The summed E-state index contributed by atoms with van der Waals surface area (Å²) in [6.45, 7) is 3.49. The molecule has 0 fully saturated rings. The molecule has 0 unspecified atom stereocenters. The number of nitrogens with one attached hydrogen (secondary N) is 1. The first-order valence-electron chi connectivity index (χ1n) is 5.61. The van der Waals surface area contributed by atoms with Gasteiger partial charge in [-0.1, -0.05) is 0 Å². The second-order valence-corrected chi connectivity index (χ2v) is 4.89. The molecular weight excluding hydrogens is 250 g/mol. The molecule has 2 aromatic rings. The number of thiophene rings is 1. The Kier molecular flexibility index (Phi) is 4.17. The Balaban J connectivity index is 1.85. The minimum absolute atomic E-state index is 0.238. The van der Waals surface area contributed by atoms with Gasteiger partial charge in [0.2, 0.25) is 5.76 Å². The summed E-state index contributed by atoms with van der Waals surface area (Å²) in [6, 6.07) is 5.50. The highest BCUT2D eigenvalue weighted by molar-refractivity contribution is 7.10. The SMILES string of the molecule is COC(=O)c1ccc(CNCc2sccc2C)o1. The van der Waals surface area contributed by atoms with Crippen molar-refractivity contribution in [2.45, 2.75) is 20.0 Å². The van der Waals surface area contributed by atoms with Gasteiger partial charge in [-0.3, -0.25) is 0 Å². The molecule has 0 amide bonds. The summed E-state index contributed by atoms with van der Waals surface area (Å²) < 4.78 is 9.93. The molecule has 0 spiro atoms. The fourth-order valence-electron chi connectivity index (χ4n) is 1.57. The normalized spacial score (nSPS) is 10.6. The summed E-state index contributed by atoms with van der Waals surface area (Å²) >= 11 is 1.73. The van der Waals surface area contributed by atoms with E-state index in [-0.39, 0.29) is 5.76 Å². The Morgan fingerprint density at radius 1 is 1.39 bits per heavy atom. The summed E-state index contributed by atoms with van der Waals surface area (Å²) in [4.78, 5) is 12.5. The molecule has 0 radical (unpaired) electrons. The van der Waals surface area contributed by atoms with Crippen LogP contribution in [0, 0.1) is 6.92 Å². The quantitative estimate of drug-likeness (QED) is 0.845. The monoisotopic (exact) mass is 265 g/mol. The van der Waals surface area contributed by atoms with Crippen molar-refractivity contribution in [3.8, 4) is 0 Å². The summed E-state index contributed by atoms with van der Waals surface area (Å²) in [5.74, 6) is 0.515. The van der Waals surface area contributed by atoms with Gasteiger partial charge in [0.15, 0.2) is 0 Å². The van der Waals surface area contributed by atoms with Gasteiger partial charge in [0.1, 0.15) is 5.76 Å². The molecule has 0 aliphatic carbocycles. The maximum absolute atomic E-state index is 11.2. The number of hydrogen-bond donors (Lipinski definition) is 1. The minimum Gasteiger partial charge on any atom is -0.463 e. The smallest absolute Gasteiger partial charge is 0.373 e. The largest absolute Gasteiger partial charge is 0.463 e. The van der Waals surface area contributed by atoms with E-state index >= 15 is 0 Å². The Bertz CT molecular complexity index is 530. The van der Waals surface area contributed by atoms with Crippen LogP contribution < -0.4 is 5.32 Å². The van der Waals surface area contributed by atoms with E-state index < -0.39 is 5.97 Å². The predicted molar refractivity (Wildman–Crippen MR) is 69.6 cm³/mol.